The van der Waals surface area contributed by atoms with Crippen LogP contribution in [0.1, 0.15) is 12.8 Å². The van der Waals surface area contributed by atoms with Crippen molar-refractivity contribution in [2.75, 3.05) is 40.5 Å². The molecule has 0 aromatic rings. The van der Waals surface area contributed by atoms with Crippen molar-refractivity contribution >= 4 is 11.9 Å². The van der Waals surface area contributed by atoms with Gasteiger partial charge in [0, 0.05) is 20.7 Å². The Morgan fingerprint density at radius 2 is 1.88 bits per heavy atom. The summed E-state index contributed by atoms with van der Waals surface area (Å²) < 4.78 is 9.91. The first-order valence-electron chi connectivity index (χ1n) is 5.10. The summed E-state index contributed by atoms with van der Waals surface area (Å²) in [6.45, 7) is 1.53. The molecule has 1 amide bonds. The normalized spacial score (nSPS) is 10.1. The van der Waals surface area contributed by atoms with Gasteiger partial charge in [-0.25, -0.2) is 0 Å². The van der Waals surface area contributed by atoms with E-state index in [-0.39, 0.29) is 25.3 Å². The summed E-state index contributed by atoms with van der Waals surface area (Å²) in [6, 6.07) is 0. The Morgan fingerprint density at radius 3 is 2.44 bits per heavy atom. The number of nitrogens with zero attached hydrogens (tertiary/aromatic N) is 1. The second-order valence-corrected chi connectivity index (χ2v) is 3.31. The zero-order valence-electron chi connectivity index (χ0n) is 9.77. The van der Waals surface area contributed by atoms with Gasteiger partial charge in [0.2, 0.25) is 5.91 Å². The number of methoxy groups -OCH3 is 1. The molecule has 6 heteroatoms. The largest absolute Gasteiger partial charge is 0.481 e. The van der Waals surface area contributed by atoms with E-state index < -0.39 is 5.97 Å². The van der Waals surface area contributed by atoms with Gasteiger partial charge in [-0.1, -0.05) is 0 Å². The fourth-order valence-corrected chi connectivity index (χ4v) is 0.983. The first kappa shape index (κ1) is 14.9. The SMILES string of the molecule is COCCOCCC(=O)N(C)CCC(=O)O. The number of ether oxygens (including phenoxy) is 2. The Labute approximate surface area is 95.1 Å². The summed E-state index contributed by atoms with van der Waals surface area (Å²) in [5.41, 5.74) is 0. The Balaban J connectivity index is 3.51. The molecule has 0 aliphatic heterocycles. The number of carboxylic acid groups (broad SMARTS) is 1. The Bertz CT molecular complexity index is 219. The molecule has 0 saturated carbocycles. The van der Waals surface area contributed by atoms with Crippen LogP contribution in [0.15, 0.2) is 0 Å². The maximum absolute atomic E-state index is 11.4. The number of carbonyl (C=O) groups is 2. The van der Waals surface area contributed by atoms with Gasteiger partial charge in [0.15, 0.2) is 0 Å². The second-order valence-electron chi connectivity index (χ2n) is 3.31. The summed E-state index contributed by atoms with van der Waals surface area (Å²) in [7, 11) is 3.16. The molecular formula is C10H19NO5. The molecule has 0 atom stereocenters. The molecule has 1 N–H and O–H groups in total. The van der Waals surface area contributed by atoms with E-state index in [1.807, 2.05) is 0 Å². The van der Waals surface area contributed by atoms with E-state index in [4.69, 9.17) is 14.6 Å². The minimum Gasteiger partial charge on any atom is -0.481 e. The predicted molar refractivity (Wildman–Crippen MR) is 57.2 cm³/mol. The van der Waals surface area contributed by atoms with E-state index in [2.05, 4.69) is 0 Å². The fraction of sp³-hybridized carbons (Fsp3) is 0.800. The number of aliphatic carboxylic acids is 1. The van der Waals surface area contributed by atoms with Crippen LogP contribution in [0.2, 0.25) is 0 Å². The fourth-order valence-electron chi connectivity index (χ4n) is 0.983. The lowest BCUT2D eigenvalue weighted by molar-refractivity contribution is -0.138. The molecule has 0 aromatic heterocycles. The number of hydrogen-bond donors (Lipinski definition) is 1. The third-order valence-corrected chi connectivity index (χ3v) is 1.98. The molecule has 0 saturated heterocycles. The highest BCUT2D eigenvalue weighted by atomic mass is 16.5. The van der Waals surface area contributed by atoms with E-state index >= 15 is 0 Å². The molecule has 16 heavy (non-hydrogen) atoms. The topological polar surface area (TPSA) is 76.1 Å². The molecule has 6 nitrogen and oxygen atoms in total. The van der Waals surface area contributed by atoms with Crippen LogP contribution in [0.3, 0.4) is 0 Å². The molecule has 0 fully saturated rings. The lowest BCUT2D eigenvalue weighted by Gasteiger charge is -2.15. The molecule has 0 aromatic carbocycles. The van der Waals surface area contributed by atoms with Crippen LogP contribution in [0.5, 0.6) is 0 Å². The van der Waals surface area contributed by atoms with Gasteiger partial charge >= 0.3 is 5.97 Å². The summed E-state index contributed by atoms with van der Waals surface area (Å²) in [5.74, 6) is -1.02. The molecule has 0 heterocycles. The van der Waals surface area contributed by atoms with Crippen molar-refractivity contribution in [2.24, 2.45) is 0 Å². The van der Waals surface area contributed by atoms with Crippen LogP contribution >= 0.6 is 0 Å². The monoisotopic (exact) mass is 233 g/mol. The molecular weight excluding hydrogens is 214 g/mol. The maximum Gasteiger partial charge on any atom is 0.305 e. The van der Waals surface area contributed by atoms with E-state index in [1.165, 1.54) is 4.90 Å². The number of carbonyl (C=O) groups excluding carboxylic acids is 1. The lowest BCUT2D eigenvalue weighted by Crippen LogP contribution is -2.29. The molecule has 94 valence electrons. The second kappa shape index (κ2) is 9.11. The van der Waals surface area contributed by atoms with Crippen molar-refractivity contribution in [3.05, 3.63) is 0 Å². The number of rotatable bonds is 9. The number of amides is 1. The summed E-state index contributed by atoms with van der Waals surface area (Å²) in [5, 5.41) is 8.44. The highest BCUT2D eigenvalue weighted by molar-refractivity contribution is 5.76. The average molecular weight is 233 g/mol. The zero-order valence-corrected chi connectivity index (χ0v) is 9.77. The van der Waals surface area contributed by atoms with Crippen molar-refractivity contribution in [3.63, 3.8) is 0 Å². The minimum absolute atomic E-state index is 0.0349. The number of carboxylic acids is 1. The van der Waals surface area contributed by atoms with Gasteiger partial charge < -0.3 is 19.5 Å². The van der Waals surface area contributed by atoms with E-state index in [9.17, 15) is 9.59 Å². The van der Waals surface area contributed by atoms with Crippen molar-refractivity contribution < 1.29 is 24.2 Å². The first-order valence-corrected chi connectivity index (χ1v) is 5.10. The van der Waals surface area contributed by atoms with Gasteiger partial charge in [0.25, 0.3) is 0 Å². The molecule has 0 spiro atoms. The third-order valence-electron chi connectivity index (χ3n) is 1.98. The molecule has 0 rings (SSSR count). The Hall–Kier alpha value is -1.14. The molecule has 0 bridgehead atoms. The van der Waals surface area contributed by atoms with E-state index in [1.54, 1.807) is 14.2 Å². The first-order chi connectivity index (χ1) is 7.57. The number of hydrogen-bond acceptors (Lipinski definition) is 4. The van der Waals surface area contributed by atoms with Gasteiger partial charge in [-0.15, -0.1) is 0 Å². The predicted octanol–water partition coefficient (Wildman–Crippen LogP) is -0.0274. The Morgan fingerprint density at radius 1 is 1.19 bits per heavy atom. The van der Waals surface area contributed by atoms with Gasteiger partial charge in [0.05, 0.1) is 32.7 Å². The molecule has 0 radical (unpaired) electrons. The van der Waals surface area contributed by atoms with Gasteiger partial charge in [-0.2, -0.15) is 0 Å². The van der Waals surface area contributed by atoms with Crippen LogP contribution in [0, 0.1) is 0 Å². The summed E-state index contributed by atoms with van der Waals surface area (Å²) in [6.07, 6.45) is 0.229. The highest BCUT2D eigenvalue weighted by Crippen LogP contribution is 1.94. The molecule has 0 aliphatic carbocycles. The van der Waals surface area contributed by atoms with Crippen molar-refractivity contribution in [1.29, 1.82) is 0 Å². The average Bonchev–Trinajstić information content (AvgIpc) is 2.25. The van der Waals surface area contributed by atoms with Crippen LogP contribution in [0.25, 0.3) is 0 Å². The third kappa shape index (κ3) is 8.19. The Kier molecular flexibility index (Phi) is 8.46. The lowest BCUT2D eigenvalue weighted by atomic mass is 10.3. The zero-order chi connectivity index (χ0) is 12.4. The van der Waals surface area contributed by atoms with Crippen molar-refractivity contribution in [3.8, 4) is 0 Å². The van der Waals surface area contributed by atoms with Crippen LogP contribution in [-0.2, 0) is 19.1 Å². The van der Waals surface area contributed by atoms with Crippen LogP contribution < -0.4 is 0 Å². The minimum atomic E-state index is -0.906. The summed E-state index contributed by atoms with van der Waals surface area (Å²) >= 11 is 0. The van der Waals surface area contributed by atoms with Crippen LogP contribution in [0.4, 0.5) is 0 Å². The standard InChI is InChI=1S/C10H19NO5/c1-11(5-3-10(13)14)9(12)4-6-16-8-7-15-2/h3-8H2,1-2H3,(H,13,14). The van der Waals surface area contributed by atoms with Crippen LogP contribution in [-0.4, -0.2) is 62.4 Å². The maximum atomic E-state index is 11.4. The van der Waals surface area contributed by atoms with E-state index in [0.29, 0.717) is 19.8 Å². The van der Waals surface area contributed by atoms with Gasteiger partial charge in [0.1, 0.15) is 0 Å². The summed E-state index contributed by atoms with van der Waals surface area (Å²) in [4.78, 5) is 23.1. The van der Waals surface area contributed by atoms with E-state index in [0.717, 1.165) is 0 Å². The van der Waals surface area contributed by atoms with Gasteiger partial charge in [-0.05, 0) is 0 Å². The highest BCUT2D eigenvalue weighted by Gasteiger charge is 2.09. The van der Waals surface area contributed by atoms with Crippen molar-refractivity contribution in [2.45, 2.75) is 12.8 Å². The smallest absolute Gasteiger partial charge is 0.305 e. The molecule has 0 aliphatic rings. The van der Waals surface area contributed by atoms with Crippen molar-refractivity contribution in [1.82, 2.24) is 4.90 Å². The molecule has 0 unspecified atom stereocenters. The van der Waals surface area contributed by atoms with Gasteiger partial charge in [-0.3, -0.25) is 9.59 Å². The quantitative estimate of drug-likeness (QED) is 0.566.